The molecule has 1 aromatic rings. The average molecular weight is 519 g/mol. The number of nitriles is 1. The zero-order valence-electron chi connectivity index (χ0n) is 21.4. The highest BCUT2D eigenvalue weighted by molar-refractivity contribution is 5.98. The highest BCUT2D eigenvalue weighted by Gasteiger charge is 2.50. The minimum Gasteiger partial charge on any atom is -0.379 e. The molecule has 0 radical (unpaired) electrons. The number of rotatable bonds is 13. The highest BCUT2D eigenvalue weighted by atomic mass is 16.6. The Hall–Kier alpha value is -3.34. The number of aromatic nitrogens is 1. The Kier molecular flexibility index (Phi) is 9.73. The minimum absolute atomic E-state index is 0.0254. The Morgan fingerprint density at radius 1 is 1.19 bits per heavy atom. The molecule has 2 aliphatic heterocycles. The van der Waals surface area contributed by atoms with Crippen LogP contribution in [0.3, 0.4) is 0 Å². The third-order valence-corrected chi connectivity index (χ3v) is 6.07. The van der Waals surface area contributed by atoms with Crippen molar-refractivity contribution >= 4 is 23.5 Å². The van der Waals surface area contributed by atoms with E-state index in [-0.39, 0.29) is 23.8 Å². The Balaban J connectivity index is 1.51. The largest absolute Gasteiger partial charge is 0.379 e. The molecule has 37 heavy (non-hydrogen) atoms. The van der Waals surface area contributed by atoms with E-state index in [1.54, 1.807) is 6.92 Å². The third kappa shape index (κ3) is 8.34. The van der Waals surface area contributed by atoms with E-state index in [2.05, 4.69) is 26.0 Å². The second kappa shape index (κ2) is 12.8. The van der Waals surface area contributed by atoms with E-state index in [1.165, 1.54) is 6.07 Å². The van der Waals surface area contributed by atoms with Crippen molar-refractivity contribution in [2.75, 3.05) is 39.5 Å². The first kappa shape index (κ1) is 28.2. The van der Waals surface area contributed by atoms with E-state index in [0.29, 0.717) is 38.5 Å². The smallest absolute Gasteiger partial charge is 0.274 e. The molecule has 2 fully saturated rings. The molecule has 0 unspecified atom stereocenters. The van der Waals surface area contributed by atoms with Crippen molar-refractivity contribution in [3.8, 4) is 6.07 Å². The minimum atomic E-state index is -1.21. The maximum Gasteiger partial charge on any atom is 0.274 e. The van der Waals surface area contributed by atoms with Gasteiger partial charge in [-0.25, -0.2) is 0 Å². The normalized spacial score (nSPS) is 20.9. The van der Waals surface area contributed by atoms with Gasteiger partial charge in [0, 0.05) is 19.2 Å². The van der Waals surface area contributed by atoms with Crippen molar-refractivity contribution in [1.82, 2.24) is 26.0 Å². The fourth-order valence-electron chi connectivity index (χ4n) is 3.86. The molecule has 0 aliphatic carbocycles. The molecule has 2 aliphatic rings. The van der Waals surface area contributed by atoms with E-state index in [1.807, 2.05) is 19.9 Å². The molecular formula is C24H34N6O7. The molecule has 3 rings (SSSR count). The van der Waals surface area contributed by atoms with Crippen LogP contribution in [-0.2, 0) is 30.4 Å². The Morgan fingerprint density at radius 3 is 2.51 bits per heavy atom. The van der Waals surface area contributed by atoms with Crippen LogP contribution in [0, 0.1) is 17.2 Å². The van der Waals surface area contributed by atoms with Crippen LogP contribution >= 0.6 is 0 Å². The molecule has 3 N–H and O–H groups in total. The number of carbonyl (C=O) groups excluding carboxylic acids is 4. The molecule has 0 saturated carbocycles. The standard InChI is InChI=1S/C24H34N6O7/c1-15(2)10-18(21(32)24(3)14-36-24)27-20(31)12-26-22(33)17(4-5-25)28-23(34)19-11-16(37-29-19)13-30-6-8-35-9-7-30/h11,15,17-18H,4,6-10,12-14H2,1-3H3,(H,26,33)(H,27,31)(H,28,34)/t17-,18-,24+/m0/s1. The summed E-state index contributed by atoms with van der Waals surface area (Å²) in [5.41, 5.74) is -0.913. The molecule has 3 heterocycles. The summed E-state index contributed by atoms with van der Waals surface area (Å²) < 4.78 is 15.7. The van der Waals surface area contributed by atoms with Gasteiger partial charge in [0.15, 0.2) is 17.2 Å². The first-order valence-electron chi connectivity index (χ1n) is 12.3. The number of carbonyl (C=O) groups is 4. The monoisotopic (exact) mass is 518 g/mol. The van der Waals surface area contributed by atoms with Gasteiger partial charge < -0.3 is 29.9 Å². The van der Waals surface area contributed by atoms with Gasteiger partial charge in [-0.2, -0.15) is 5.26 Å². The molecule has 3 atom stereocenters. The van der Waals surface area contributed by atoms with Gasteiger partial charge in [-0.3, -0.25) is 24.1 Å². The third-order valence-electron chi connectivity index (χ3n) is 6.07. The fraction of sp³-hybridized carbons (Fsp3) is 0.667. The number of hydrogen-bond donors (Lipinski definition) is 3. The lowest BCUT2D eigenvalue weighted by atomic mass is 9.93. The number of ketones is 1. The number of hydrogen-bond acceptors (Lipinski definition) is 10. The van der Waals surface area contributed by atoms with Crippen molar-refractivity contribution in [3.05, 3.63) is 17.5 Å². The zero-order valence-corrected chi connectivity index (χ0v) is 21.4. The lowest BCUT2D eigenvalue weighted by Crippen LogP contribution is -2.52. The molecule has 2 saturated heterocycles. The van der Waals surface area contributed by atoms with Crippen LogP contribution in [0.15, 0.2) is 10.6 Å². The fourth-order valence-corrected chi connectivity index (χ4v) is 3.86. The average Bonchev–Trinajstić information content (AvgIpc) is 3.44. The summed E-state index contributed by atoms with van der Waals surface area (Å²) in [4.78, 5) is 52.5. The Morgan fingerprint density at radius 2 is 1.89 bits per heavy atom. The van der Waals surface area contributed by atoms with Crippen molar-refractivity contribution in [2.24, 2.45) is 5.92 Å². The molecule has 13 heteroatoms. The second-order valence-electron chi connectivity index (χ2n) is 9.81. The molecule has 13 nitrogen and oxygen atoms in total. The lowest BCUT2D eigenvalue weighted by Gasteiger charge is -2.25. The number of epoxide rings is 1. The maximum atomic E-state index is 12.7. The predicted octanol–water partition coefficient (Wildman–Crippen LogP) is -0.476. The van der Waals surface area contributed by atoms with Gasteiger partial charge in [-0.15, -0.1) is 0 Å². The van der Waals surface area contributed by atoms with Crippen molar-refractivity contribution in [3.63, 3.8) is 0 Å². The van der Waals surface area contributed by atoms with Crippen LogP contribution in [0.4, 0.5) is 0 Å². The van der Waals surface area contributed by atoms with Gasteiger partial charge in [0.2, 0.25) is 11.8 Å². The molecule has 3 amide bonds. The summed E-state index contributed by atoms with van der Waals surface area (Å²) in [6.07, 6.45) is 0.109. The number of nitrogens with one attached hydrogen (secondary N) is 3. The quantitative estimate of drug-likeness (QED) is 0.289. The van der Waals surface area contributed by atoms with E-state index >= 15 is 0 Å². The van der Waals surface area contributed by atoms with Crippen LogP contribution in [0.2, 0.25) is 0 Å². The summed E-state index contributed by atoms with van der Waals surface area (Å²) in [6.45, 7) is 8.59. The van der Waals surface area contributed by atoms with Crippen molar-refractivity contribution in [2.45, 2.75) is 57.8 Å². The van der Waals surface area contributed by atoms with E-state index in [4.69, 9.17) is 19.3 Å². The van der Waals surface area contributed by atoms with Crippen molar-refractivity contribution in [1.29, 1.82) is 5.26 Å². The summed E-state index contributed by atoms with van der Waals surface area (Å²) in [7, 11) is 0. The molecule has 202 valence electrons. The predicted molar refractivity (Wildman–Crippen MR) is 128 cm³/mol. The van der Waals surface area contributed by atoms with Gasteiger partial charge >= 0.3 is 0 Å². The van der Waals surface area contributed by atoms with E-state index < -0.39 is 42.0 Å². The number of amides is 3. The molecule has 0 spiro atoms. The van der Waals surface area contributed by atoms with Crippen LogP contribution < -0.4 is 16.0 Å². The summed E-state index contributed by atoms with van der Waals surface area (Å²) in [5.74, 6) is -1.55. The first-order chi connectivity index (χ1) is 17.6. The lowest BCUT2D eigenvalue weighted by molar-refractivity contribution is -0.131. The Labute approximate surface area is 215 Å². The molecule has 0 bridgehead atoms. The molecule has 0 aromatic carbocycles. The molecule has 1 aromatic heterocycles. The first-order valence-corrected chi connectivity index (χ1v) is 12.3. The maximum absolute atomic E-state index is 12.7. The highest BCUT2D eigenvalue weighted by Crippen LogP contribution is 2.29. The summed E-state index contributed by atoms with van der Waals surface area (Å²) in [6, 6.07) is 1.37. The van der Waals surface area contributed by atoms with Gasteiger partial charge in [-0.05, 0) is 19.3 Å². The van der Waals surface area contributed by atoms with E-state index in [0.717, 1.165) is 13.1 Å². The van der Waals surface area contributed by atoms with E-state index in [9.17, 15) is 19.2 Å². The summed E-state index contributed by atoms with van der Waals surface area (Å²) in [5, 5.41) is 20.4. The number of Topliss-reactive ketones (excluding diaryl/α,β-unsaturated/α-hetero) is 1. The van der Waals surface area contributed by atoms with Crippen LogP contribution in [0.5, 0.6) is 0 Å². The van der Waals surface area contributed by atoms with Gasteiger partial charge in [0.25, 0.3) is 5.91 Å². The number of nitrogens with zero attached hydrogens (tertiary/aromatic N) is 3. The second-order valence-corrected chi connectivity index (χ2v) is 9.81. The van der Waals surface area contributed by atoms with Gasteiger partial charge in [0.05, 0.1) is 51.4 Å². The van der Waals surface area contributed by atoms with Gasteiger partial charge in [0.1, 0.15) is 11.6 Å². The SMILES string of the molecule is CC(C)C[C@H](NC(=O)CNC(=O)[C@H](CC#N)NC(=O)c1cc(CN2CCOCC2)on1)C(=O)[C@@]1(C)CO1. The topological polar surface area (TPSA) is 179 Å². The van der Waals surface area contributed by atoms with Crippen LogP contribution in [0.25, 0.3) is 0 Å². The zero-order chi connectivity index (χ0) is 27.0. The number of ether oxygens (including phenoxy) is 2. The van der Waals surface area contributed by atoms with Crippen LogP contribution in [-0.4, -0.2) is 90.7 Å². The van der Waals surface area contributed by atoms with Crippen LogP contribution in [0.1, 0.15) is 49.9 Å². The molecular weight excluding hydrogens is 484 g/mol. The number of morpholine rings is 1. The van der Waals surface area contributed by atoms with Crippen molar-refractivity contribution < 1.29 is 33.2 Å². The summed E-state index contributed by atoms with van der Waals surface area (Å²) >= 11 is 0. The Bertz CT molecular complexity index is 1020. The van der Waals surface area contributed by atoms with Gasteiger partial charge in [-0.1, -0.05) is 19.0 Å².